The highest BCUT2D eigenvalue weighted by Crippen LogP contribution is 2.11. The molecule has 0 aliphatic rings. The second-order valence-electron chi connectivity index (χ2n) is 4.94. The Morgan fingerprint density at radius 3 is 2.50 bits per heavy atom. The van der Waals surface area contributed by atoms with E-state index in [0.29, 0.717) is 17.5 Å². The minimum Gasteiger partial charge on any atom is -0.347 e. The number of nitrogens with zero attached hydrogens (tertiary/aromatic N) is 3. The lowest BCUT2D eigenvalue weighted by atomic mass is 10.2. The molecule has 0 bridgehead atoms. The number of nitrogens with one attached hydrogen (secondary N) is 2. The summed E-state index contributed by atoms with van der Waals surface area (Å²) < 4.78 is 0. The third kappa shape index (κ3) is 4.27. The zero-order valence-corrected chi connectivity index (χ0v) is 13.4. The van der Waals surface area contributed by atoms with Gasteiger partial charge in [0.25, 0.3) is 5.91 Å². The summed E-state index contributed by atoms with van der Waals surface area (Å²) in [6.07, 6.45) is 4.85. The smallest absolute Gasteiger partial charge is 0.270 e. The molecule has 0 aliphatic heterocycles. The van der Waals surface area contributed by atoms with Crippen LogP contribution in [-0.2, 0) is 6.54 Å². The molecule has 3 rings (SSSR count). The first-order valence-corrected chi connectivity index (χ1v) is 7.61. The number of benzene rings is 1. The van der Waals surface area contributed by atoms with Crippen molar-refractivity contribution in [1.82, 2.24) is 20.3 Å². The van der Waals surface area contributed by atoms with E-state index < -0.39 is 0 Å². The van der Waals surface area contributed by atoms with Crippen molar-refractivity contribution in [3.63, 3.8) is 0 Å². The molecule has 0 spiro atoms. The van der Waals surface area contributed by atoms with E-state index in [2.05, 4.69) is 25.6 Å². The Kier molecular flexibility index (Phi) is 4.98. The Morgan fingerprint density at radius 2 is 1.75 bits per heavy atom. The molecule has 7 heteroatoms. The van der Waals surface area contributed by atoms with Crippen LogP contribution in [0.4, 0.5) is 11.6 Å². The Bertz CT molecular complexity index is 824. The normalized spacial score (nSPS) is 10.2. The van der Waals surface area contributed by atoms with Crippen LogP contribution in [0, 0.1) is 0 Å². The molecule has 0 saturated carbocycles. The van der Waals surface area contributed by atoms with Crippen LogP contribution in [0.3, 0.4) is 0 Å². The fourth-order valence-electron chi connectivity index (χ4n) is 1.98. The zero-order valence-electron chi connectivity index (χ0n) is 12.6. The molecule has 2 heterocycles. The average Bonchev–Trinajstić information content (AvgIpc) is 2.62. The van der Waals surface area contributed by atoms with Gasteiger partial charge in [-0.05, 0) is 35.9 Å². The zero-order chi connectivity index (χ0) is 16.8. The molecule has 0 aliphatic carbocycles. The molecule has 120 valence electrons. The summed E-state index contributed by atoms with van der Waals surface area (Å²) in [5.41, 5.74) is 2.04. The summed E-state index contributed by atoms with van der Waals surface area (Å²) in [7, 11) is 0. The molecular weight excluding hydrogens is 326 g/mol. The van der Waals surface area contributed by atoms with E-state index in [4.69, 9.17) is 11.6 Å². The quantitative estimate of drug-likeness (QED) is 0.746. The average molecular weight is 340 g/mol. The summed E-state index contributed by atoms with van der Waals surface area (Å²) >= 11 is 5.84. The monoisotopic (exact) mass is 339 g/mol. The maximum Gasteiger partial charge on any atom is 0.270 e. The fraction of sp³-hybridized carbons (Fsp3) is 0.0588. The van der Waals surface area contributed by atoms with E-state index in [0.717, 1.165) is 11.3 Å². The number of carbonyl (C=O) groups is 1. The second kappa shape index (κ2) is 7.52. The van der Waals surface area contributed by atoms with E-state index in [-0.39, 0.29) is 11.6 Å². The SMILES string of the molecule is O=C(NCc1ccc(Cl)cc1)c1ccnc(Nc2ccncc2)n1. The van der Waals surface area contributed by atoms with Gasteiger partial charge in [-0.15, -0.1) is 0 Å². The summed E-state index contributed by atoms with van der Waals surface area (Å²) in [4.78, 5) is 24.5. The van der Waals surface area contributed by atoms with Crippen molar-refractivity contribution in [2.45, 2.75) is 6.54 Å². The highest BCUT2D eigenvalue weighted by molar-refractivity contribution is 6.30. The first-order chi connectivity index (χ1) is 11.7. The van der Waals surface area contributed by atoms with Gasteiger partial charge < -0.3 is 10.6 Å². The summed E-state index contributed by atoms with van der Waals surface area (Å²) in [6.45, 7) is 0.396. The lowest BCUT2D eigenvalue weighted by Crippen LogP contribution is -2.24. The largest absolute Gasteiger partial charge is 0.347 e. The van der Waals surface area contributed by atoms with Crippen LogP contribution in [0.2, 0.25) is 5.02 Å². The highest BCUT2D eigenvalue weighted by Gasteiger charge is 2.09. The third-order valence-corrected chi connectivity index (χ3v) is 3.44. The van der Waals surface area contributed by atoms with Gasteiger partial charge in [0.05, 0.1) is 0 Å². The molecular formula is C17H14ClN5O. The van der Waals surface area contributed by atoms with Crippen LogP contribution in [0.5, 0.6) is 0 Å². The van der Waals surface area contributed by atoms with E-state index in [1.165, 1.54) is 6.20 Å². The standard InChI is InChI=1S/C17H14ClN5O/c18-13-3-1-12(2-4-13)11-21-16(24)15-7-10-20-17(23-15)22-14-5-8-19-9-6-14/h1-10H,11H2,(H,21,24)(H,19,20,22,23). The van der Waals surface area contributed by atoms with Crippen LogP contribution in [0.1, 0.15) is 16.1 Å². The lowest BCUT2D eigenvalue weighted by Gasteiger charge is -2.07. The molecule has 24 heavy (non-hydrogen) atoms. The topological polar surface area (TPSA) is 79.8 Å². The number of hydrogen-bond donors (Lipinski definition) is 2. The number of pyridine rings is 1. The van der Waals surface area contributed by atoms with E-state index in [9.17, 15) is 4.79 Å². The van der Waals surface area contributed by atoms with Crippen LogP contribution in [0.25, 0.3) is 0 Å². The van der Waals surface area contributed by atoms with Gasteiger partial charge in [0, 0.05) is 35.8 Å². The van der Waals surface area contributed by atoms with Gasteiger partial charge in [-0.25, -0.2) is 9.97 Å². The molecule has 1 aromatic carbocycles. The number of rotatable bonds is 5. The predicted molar refractivity (Wildman–Crippen MR) is 92.2 cm³/mol. The maximum atomic E-state index is 12.2. The molecule has 6 nitrogen and oxygen atoms in total. The molecule has 2 aromatic heterocycles. The minimum absolute atomic E-state index is 0.273. The van der Waals surface area contributed by atoms with Gasteiger partial charge in [-0.3, -0.25) is 9.78 Å². The summed E-state index contributed by atoms with van der Waals surface area (Å²) in [5, 5.41) is 6.50. The van der Waals surface area contributed by atoms with E-state index >= 15 is 0 Å². The van der Waals surface area contributed by atoms with Crippen molar-refractivity contribution in [2.24, 2.45) is 0 Å². The number of carbonyl (C=O) groups excluding carboxylic acids is 1. The molecule has 3 aromatic rings. The van der Waals surface area contributed by atoms with Gasteiger partial charge in [-0.1, -0.05) is 23.7 Å². The van der Waals surface area contributed by atoms with Gasteiger partial charge in [0.15, 0.2) is 0 Å². The molecule has 0 saturated heterocycles. The van der Waals surface area contributed by atoms with Gasteiger partial charge >= 0.3 is 0 Å². The van der Waals surface area contributed by atoms with Crippen LogP contribution >= 0.6 is 11.6 Å². The summed E-state index contributed by atoms with van der Waals surface area (Å²) in [5.74, 6) is 0.0745. The van der Waals surface area contributed by atoms with E-state index in [1.807, 2.05) is 12.1 Å². The minimum atomic E-state index is -0.273. The Hall–Kier alpha value is -2.99. The third-order valence-electron chi connectivity index (χ3n) is 3.19. The molecule has 0 unspecified atom stereocenters. The predicted octanol–water partition coefficient (Wildman–Crippen LogP) is 3.20. The molecule has 2 N–H and O–H groups in total. The number of aromatic nitrogens is 3. The van der Waals surface area contributed by atoms with Crippen LogP contribution in [-0.4, -0.2) is 20.9 Å². The first-order valence-electron chi connectivity index (χ1n) is 7.23. The first kappa shape index (κ1) is 15.9. The molecule has 0 atom stereocenters. The highest BCUT2D eigenvalue weighted by atomic mass is 35.5. The van der Waals surface area contributed by atoms with Crippen molar-refractivity contribution >= 4 is 29.1 Å². The van der Waals surface area contributed by atoms with Gasteiger partial charge in [-0.2, -0.15) is 0 Å². The van der Waals surface area contributed by atoms with Crippen molar-refractivity contribution in [2.75, 3.05) is 5.32 Å². The Labute approximate surface area is 143 Å². The van der Waals surface area contributed by atoms with Crippen molar-refractivity contribution in [3.8, 4) is 0 Å². The Balaban J connectivity index is 1.64. The number of amides is 1. The summed E-state index contributed by atoms with van der Waals surface area (Å²) in [6, 6.07) is 12.4. The van der Waals surface area contributed by atoms with Crippen molar-refractivity contribution < 1.29 is 4.79 Å². The van der Waals surface area contributed by atoms with Crippen molar-refractivity contribution in [1.29, 1.82) is 0 Å². The van der Waals surface area contributed by atoms with Crippen LogP contribution in [0.15, 0.2) is 61.1 Å². The number of halogens is 1. The van der Waals surface area contributed by atoms with Gasteiger partial charge in [0.2, 0.25) is 5.95 Å². The molecule has 0 fully saturated rings. The Morgan fingerprint density at radius 1 is 1.00 bits per heavy atom. The van der Waals surface area contributed by atoms with E-state index in [1.54, 1.807) is 42.7 Å². The fourth-order valence-corrected chi connectivity index (χ4v) is 2.11. The van der Waals surface area contributed by atoms with Crippen LogP contribution < -0.4 is 10.6 Å². The van der Waals surface area contributed by atoms with Crippen molar-refractivity contribution in [3.05, 3.63) is 77.3 Å². The van der Waals surface area contributed by atoms with Gasteiger partial charge in [0.1, 0.15) is 5.69 Å². The second-order valence-corrected chi connectivity index (χ2v) is 5.37. The number of hydrogen-bond acceptors (Lipinski definition) is 5. The molecule has 0 radical (unpaired) electrons. The molecule has 1 amide bonds. The lowest BCUT2D eigenvalue weighted by molar-refractivity contribution is 0.0946. The maximum absolute atomic E-state index is 12.2. The number of anilines is 2.